The molecule has 0 radical (unpaired) electrons. The average molecular weight is 311 g/mol. The standard InChI is InChI=1S/C14H17NO3S2/c1-10(19)14(16)15-7-8-20-13(15)9-18-12-5-3-11(17-2)4-6-12/h3-8,10,13,19H,9H2,1-2H3. The Balaban J connectivity index is 1.91. The Labute approximate surface area is 128 Å². The molecule has 0 saturated heterocycles. The maximum Gasteiger partial charge on any atom is 0.240 e. The smallest absolute Gasteiger partial charge is 0.240 e. The molecule has 108 valence electrons. The molecule has 1 heterocycles. The fourth-order valence-electron chi connectivity index (χ4n) is 1.74. The van der Waals surface area contributed by atoms with Crippen molar-refractivity contribution in [1.82, 2.24) is 4.90 Å². The summed E-state index contributed by atoms with van der Waals surface area (Å²) in [6.45, 7) is 2.19. The third kappa shape index (κ3) is 3.64. The number of amides is 1. The van der Waals surface area contributed by atoms with Gasteiger partial charge in [-0.05, 0) is 36.6 Å². The fraction of sp³-hybridized carbons (Fsp3) is 0.357. The lowest BCUT2D eigenvalue weighted by Crippen LogP contribution is -2.38. The van der Waals surface area contributed by atoms with Crippen LogP contribution in [0.3, 0.4) is 0 Å². The van der Waals surface area contributed by atoms with Gasteiger partial charge in [-0.3, -0.25) is 4.79 Å². The molecule has 2 unspecified atom stereocenters. The number of benzene rings is 1. The third-order valence-electron chi connectivity index (χ3n) is 2.83. The Morgan fingerprint density at radius 3 is 2.65 bits per heavy atom. The van der Waals surface area contributed by atoms with Crippen molar-refractivity contribution in [2.45, 2.75) is 17.5 Å². The summed E-state index contributed by atoms with van der Waals surface area (Å²) in [6.07, 6.45) is 1.78. The quantitative estimate of drug-likeness (QED) is 0.849. The number of thioether (sulfide) groups is 1. The molecule has 4 nitrogen and oxygen atoms in total. The lowest BCUT2D eigenvalue weighted by molar-refractivity contribution is -0.128. The largest absolute Gasteiger partial charge is 0.497 e. The number of methoxy groups -OCH3 is 1. The van der Waals surface area contributed by atoms with Crippen LogP contribution in [0.5, 0.6) is 11.5 Å². The molecule has 2 atom stereocenters. The second-order valence-corrected chi connectivity index (χ2v) is 6.15. The van der Waals surface area contributed by atoms with Gasteiger partial charge in [0.2, 0.25) is 5.91 Å². The first kappa shape index (κ1) is 15.1. The number of carbonyl (C=O) groups is 1. The van der Waals surface area contributed by atoms with Crippen LogP contribution >= 0.6 is 24.4 Å². The van der Waals surface area contributed by atoms with E-state index in [2.05, 4.69) is 12.6 Å². The van der Waals surface area contributed by atoms with Crippen LogP contribution in [0.1, 0.15) is 6.92 Å². The second kappa shape index (κ2) is 6.95. The number of hydrogen-bond donors (Lipinski definition) is 1. The molecule has 0 bridgehead atoms. The van der Waals surface area contributed by atoms with Crippen LogP contribution in [-0.2, 0) is 4.79 Å². The van der Waals surface area contributed by atoms with Crippen LogP contribution in [0.25, 0.3) is 0 Å². The van der Waals surface area contributed by atoms with E-state index in [1.54, 1.807) is 36.9 Å². The number of ether oxygens (including phenoxy) is 2. The molecule has 1 aliphatic rings. The van der Waals surface area contributed by atoms with Crippen LogP contribution in [0.15, 0.2) is 35.9 Å². The number of carbonyl (C=O) groups excluding carboxylic acids is 1. The minimum Gasteiger partial charge on any atom is -0.497 e. The van der Waals surface area contributed by atoms with E-state index in [1.165, 1.54) is 0 Å². The first-order valence-corrected chi connectivity index (χ1v) is 7.67. The molecule has 0 fully saturated rings. The van der Waals surface area contributed by atoms with Crippen molar-refractivity contribution >= 4 is 30.3 Å². The third-order valence-corrected chi connectivity index (χ3v) is 4.01. The van der Waals surface area contributed by atoms with Gasteiger partial charge in [-0.1, -0.05) is 0 Å². The van der Waals surface area contributed by atoms with Gasteiger partial charge in [-0.15, -0.1) is 11.8 Å². The summed E-state index contributed by atoms with van der Waals surface area (Å²) in [5, 5.41) is 1.54. The normalized spacial score (nSPS) is 18.9. The van der Waals surface area contributed by atoms with E-state index in [0.29, 0.717) is 6.61 Å². The van der Waals surface area contributed by atoms with Crippen LogP contribution in [0, 0.1) is 0 Å². The van der Waals surface area contributed by atoms with E-state index >= 15 is 0 Å². The van der Waals surface area contributed by atoms with Crippen molar-refractivity contribution in [2.75, 3.05) is 13.7 Å². The molecule has 0 N–H and O–H groups in total. The van der Waals surface area contributed by atoms with E-state index in [1.807, 2.05) is 29.7 Å². The summed E-state index contributed by atoms with van der Waals surface area (Å²) in [5.74, 6) is 1.53. The van der Waals surface area contributed by atoms with Crippen LogP contribution in [0.2, 0.25) is 0 Å². The van der Waals surface area contributed by atoms with Crippen molar-refractivity contribution < 1.29 is 14.3 Å². The van der Waals surface area contributed by atoms with Crippen LogP contribution in [0.4, 0.5) is 0 Å². The molecule has 1 aromatic rings. The summed E-state index contributed by atoms with van der Waals surface area (Å²) in [7, 11) is 1.62. The van der Waals surface area contributed by atoms with Crippen molar-refractivity contribution in [3.8, 4) is 11.5 Å². The van der Waals surface area contributed by atoms with Gasteiger partial charge >= 0.3 is 0 Å². The topological polar surface area (TPSA) is 38.8 Å². The van der Waals surface area contributed by atoms with E-state index in [9.17, 15) is 4.79 Å². The summed E-state index contributed by atoms with van der Waals surface area (Å²) in [5.41, 5.74) is 0. The van der Waals surface area contributed by atoms with Gasteiger partial charge in [0.1, 0.15) is 23.5 Å². The minimum atomic E-state index is -0.318. The van der Waals surface area contributed by atoms with E-state index in [4.69, 9.17) is 9.47 Å². The number of thiol groups is 1. The average Bonchev–Trinajstić information content (AvgIpc) is 2.93. The highest BCUT2D eigenvalue weighted by Crippen LogP contribution is 2.27. The predicted molar refractivity (Wildman–Crippen MR) is 84.3 cm³/mol. The minimum absolute atomic E-state index is 0.0158. The molecule has 0 spiro atoms. The molecular weight excluding hydrogens is 294 g/mol. The highest BCUT2D eigenvalue weighted by molar-refractivity contribution is 8.02. The summed E-state index contributed by atoms with van der Waals surface area (Å²) < 4.78 is 10.8. The fourth-order valence-corrected chi connectivity index (χ4v) is 2.71. The SMILES string of the molecule is COc1ccc(OCC2SC=CN2C(=O)C(C)S)cc1. The number of rotatable bonds is 5. The molecule has 1 amide bonds. The van der Waals surface area contributed by atoms with Crippen molar-refractivity contribution in [1.29, 1.82) is 0 Å². The lowest BCUT2D eigenvalue weighted by atomic mass is 10.3. The molecule has 1 aliphatic heterocycles. The van der Waals surface area contributed by atoms with E-state index in [0.717, 1.165) is 11.5 Å². The second-order valence-electron chi connectivity index (χ2n) is 4.28. The van der Waals surface area contributed by atoms with Gasteiger partial charge in [0.05, 0.1) is 12.4 Å². The highest BCUT2D eigenvalue weighted by atomic mass is 32.2. The summed E-state index contributed by atoms with van der Waals surface area (Å²) in [4.78, 5) is 13.6. The Morgan fingerprint density at radius 2 is 2.05 bits per heavy atom. The number of nitrogens with zero attached hydrogens (tertiary/aromatic N) is 1. The van der Waals surface area contributed by atoms with E-state index < -0.39 is 0 Å². The molecule has 0 aliphatic carbocycles. The molecule has 20 heavy (non-hydrogen) atoms. The van der Waals surface area contributed by atoms with Gasteiger partial charge in [-0.2, -0.15) is 12.6 Å². The lowest BCUT2D eigenvalue weighted by Gasteiger charge is -2.24. The van der Waals surface area contributed by atoms with Gasteiger partial charge in [0.15, 0.2) is 0 Å². The zero-order valence-electron chi connectivity index (χ0n) is 11.4. The van der Waals surface area contributed by atoms with Crippen molar-refractivity contribution in [3.05, 3.63) is 35.9 Å². The maximum atomic E-state index is 12.0. The Morgan fingerprint density at radius 1 is 1.40 bits per heavy atom. The van der Waals surface area contributed by atoms with Crippen LogP contribution < -0.4 is 9.47 Å². The van der Waals surface area contributed by atoms with E-state index in [-0.39, 0.29) is 16.5 Å². The van der Waals surface area contributed by atoms with Crippen molar-refractivity contribution in [2.24, 2.45) is 0 Å². The summed E-state index contributed by atoms with van der Waals surface area (Å²) >= 11 is 5.74. The first-order valence-electron chi connectivity index (χ1n) is 6.21. The molecule has 6 heteroatoms. The zero-order valence-corrected chi connectivity index (χ0v) is 13.1. The monoisotopic (exact) mass is 311 g/mol. The first-order chi connectivity index (χ1) is 9.61. The Bertz CT molecular complexity index is 488. The predicted octanol–water partition coefficient (Wildman–Crippen LogP) is 2.77. The maximum absolute atomic E-state index is 12.0. The van der Waals surface area contributed by atoms with Crippen LogP contribution in [-0.4, -0.2) is 35.1 Å². The molecular formula is C14H17NO3S2. The van der Waals surface area contributed by atoms with Crippen molar-refractivity contribution in [3.63, 3.8) is 0 Å². The number of hydrogen-bond acceptors (Lipinski definition) is 5. The van der Waals surface area contributed by atoms with Gasteiger partial charge in [0, 0.05) is 6.20 Å². The molecule has 1 aromatic carbocycles. The van der Waals surface area contributed by atoms with Gasteiger partial charge in [-0.25, -0.2) is 0 Å². The van der Waals surface area contributed by atoms with Gasteiger partial charge in [0.25, 0.3) is 0 Å². The Kier molecular flexibility index (Phi) is 5.25. The molecule has 0 aromatic heterocycles. The van der Waals surface area contributed by atoms with Gasteiger partial charge < -0.3 is 14.4 Å². The Hall–Kier alpha value is -1.27. The highest BCUT2D eigenvalue weighted by Gasteiger charge is 2.28. The summed E-state index contributed by atoms with van der Waals surface area (Å²) in [6, 6.07) is 7.38. The molecule has 0 saturated carbocycles. The molecule has 2 rings (SSSR count). The zero-order chi connectivity index (χ0) is 14.5.